The zero-order valence-corrected chi connectivity index (χ0v) is 10.7. The zero-order chi connectivity index (χ0) is 12.1. The molecule has 0 aliphatic rings. The average molecular weight is 222 g/mol. The number of hydrogen-bond donors (Lipinski definition) is 1. The minimum absolute atomic E-state index is 0.217. The predicted octanol–water partition coefficient (Wildman–Crippen LogP) is 3.31. The SMILES string of the molecule is CCc1cc(CC(C)OC(C)C)ccc1O. The van der Waals surface area contributed by atoms with E-state index in [1.807, 2.05) is 26.8 Å². The van der Waals surface area contributed by atoms with E-state index in [-0.39, 0.29) is 12.2 Å². The Morgan fingerprint density at radius 3 is 2.50 bits per heavy atom. The highest BCUT2D eigenvalue weighted by Gasteiger charge is 2.07. The Bertz CT molecular complexity index is 332. The molecule has 16 heavy (non-hydrogen) atoms. The summed E-state index contributed by atoms with van der Waals surface area (Å²) in [6, 6.07) is 5.81. The molecule has 1 aromatic rings. The molecular formula is C14H22O2. The summed E-state index contributed by atoms with van der Waals surface area (Å²) in [6.07, 6.45) is 2.23. The Morgan fingerprint density at radius 1 is 1.25 bits per heavy atom. The maximum absolute atomic E-state index is 9.58. The molecule has 0 fully saturated rings. The van der Waals surface area contributed by atoms with Crippen molar-refractivity contribution in [1.29, 1.82) is 0 Å². The zero-order valence-electron chi connectivity index (χ0n) is 10.7. The fourth-order valence-corrected chi connectivity index (χ4v) is 1.89. The van der Waals surface area contributed by atoms with Crippen LogP contribution in [0.1, 0.15) is 38.8 Å². The van der Waals surface area contributed by atoms with Gasteiger partial charge in [-0.3, -0.25) is 0 Å². The van der Waals surface area contributed by atoms with Crippen molar-refractivity contribution in [2.24, 2.45) is 0 Å². The number of rotatable bonds is 5. The Kier molecular flexibility index (Phi) is 4.81. The third-order valence-corrected chi connectivity index (χ3v) is 2.55. The van der Waals surface area contributed by atoms with Gasteiger partial charge in [0.25, 0.3) is 0 Å². The van der Waals surface area contributed by atoms with E-state index < -0.39 is 0 Å². The summed E-state index contributed by atoms with van der Waals surface area (Å²) in [5.41, 5.74) is 2.23. The first-order chi connectivity index (χ1) is 7.52. The Labute approximate surface area is 98.3 Å². The number of phenols is 1. The van der Waals surface area contributed by atoms with Crippen LogP contribution >= 0.6 is 0 Å². The van der Waals surface area contributed by atoms with Crippen LogP contribution in [-0.4, -0.2) is 17.3 Å². The molecule has 0 spiro atoms. The van der Waals surface area contributed by atoms with Gasteiger partial charge in [0.05, 0.1) is 12.2 Å². The Morgan fingerprint density at radius 2 is 1.94 bits per heavy atom. The molecular weight excluding hydrogens is 200 g/mol. The van der Waals surface area contributed by atoms with Gasteiger partial charge in [0, 0.05) is 0 Å². The molecule has 0 aromatic heterocycles. The second-order valence-electron chi connectivity index (χ2n) is 4.52. The van der Waals surface area contributed by atoms with Gasteiger partial charge in [0.1, 0.15) is 5.75 Å². The minimum Gasteiger partial charge on any atom is -0.508 e. The summed E-state index contributed by atoms with van der Waals surface area (Å²) in [4.78, 5) is 0. The first kappa shape index (κ1) is 13.0. The van der Waals surface area contributed by atoms with Crippen LogP contribution in [0.5, 0.6) is 5.75 Å². The lowest BCUT2D eigenvalue weighted by Gasteiger charge is -2.16. The molecule has 2 nitrogen and oxygen atoms in total. The van der Waals surface area contributed by atoms with Gasteiger partial charge in [-0.05, 0) is 50.8 Å². The Balaban J connectivity index is 2.67. The summed E-state index contributed by atoms with van der Waals surface area (Å²) >= 11 is 0. The van der Waals surface area contributed by atoms with Gasteiger partial charge in [0.15, 0.2) is 0 Å². The quantitative estimate of drug-likeness (QED) is 0.828. The summed E-state index contributed by atoms with van der Waals surface area (Å²) in [5, 5.41) is 9.58. The maximum Gasteiger partial charge on any atom is 0.118 e. The van der Waals surface area contributed by atoms with Crippen molar-refractivity contribution >= 4 is 0 Å². The molecule has 1 atom stereocenters. The van der Waals surface area contributed by atoms with Crippen molar-refractivity contribution in [2.75, 3.05) is 0 Å². The third-order valence-electron chi connectivity index (χ3n) is 2.55. The third kappa shape index (κ3) is 3.86. The highest BCUT2D eigenvalue weighted by molar-refractivity contribution is 5.36. The summed E-state index contributed by atoms with van der Waals surface area (Å²) < 4.78 is 5.70. The van der Waals surface area contributed by atoms with E-state index in [9.17, 15) is 5.11 Å². The van der Waals surface area contributed by atoms with Crippen LogP contribution in [0, 0.1) is 0 Å². The first-order valence-corrected chi connectivity index (χ1v) is 5.99. The van der Waals surface area contributed by atoms with E-state index in [0.29, 0.717) is 5.75 Å². The second kappa shape index (κ2) is 5.90. The first-order valence-electron chi connectivity index (χ1n) is 5.99. The van der Waals surface area contributed by atoms with Crippen LogP contribution in [-0.2, 0) is 17.6 Å². The second-order valence-corrected chi connectivity index (χ2v) is 4.52. The normalized spacial score (nSPS) is 13.1. The van der Waals surface area contributed by atoms with E-state index in [4.69, 9.17) is 4.74 Å². The van der Waals surface area contributed by atoms with Crippen LogP contribution in [0.2, 0.25) is 0 Å². The summed E-state index contributed by atoms with van der Waals surface area (Å²) in [7, 11) is 0. The smallest absolute Gasteiger partial charge is 0.118 e. The van der Waals surface area contributed by atoms with Gasteiger partial charge in [-0.25, -0.2) is 0 Å². The fraction of sp³-hybridized carbons (Fsp3) is 0.571. The maximum atomic E-state index is 9.58. The van der Waals surface area contributed by atoms with E-state index in [1.165, 1.54) is 5.56 Å². The van der Waals surface area contributed by atoms with Gasteiger partial charge in [-0.15, -0.1) is 0 Å². The van der Waals surface area contributed by atoms with E-state index in [2.05, 4.69) is 13.0 Å². The van der Waals surface area contributed by atoms with Crippen LogP contribution in [0.3, 0.4) is 0 Å². The molecule has 0 aliphatic heterocycles. The van der Waals surface area contributed by atoms with Gasteiger partial charge in [0.2, 0.25) is 0 Å². The summed E-state index contributed by atoms with van der Waals surface area (Å²) in [6.45, 7) is 8.22. The van der Waals surface area contributed by atoms with Crippen molar-refractivity contribution in [3.8, 4) is 5.75 Å². The Hall–Kier alpha value is -1.02. The lowest BCUT2D eigenvalue weighted by atomic mass is 10.0. The molecule has 0 heterocycles. The molecule has 1 rings (SSSR count). The number of hydrogen-bond acceptors (Lipinski definition) is 2. The van der Waals surface area contributed by atoms with Gasteiger partial charge in [-0.1, -0.05) is 19.1 Å². The van der Waals surface area contributed by atoms with E-state index in [1.54, 1.807) is 6.07 Å². The van der Waals surface area contributed by atoms with Crippen LogP contribution < -0.4 is 0 Å². The molecule has 1 unspecified atom stereocenters. The molecule has 0 amide bonds. The number of aromatic hydroxyl groups is 1. The molecule has 0 bridgehead atoms. The minimum atomic E-state index is 0.217. The van der Waals surface area contributed by atoms with E-state index in [0.717, 1.165) is 18.4 Å². The number of ether oxygens (including phenoxy) is 1. The van der Waals surface area contributed by atoms with Crippen molar-refractivity contribution < 1.29 is 9.84 Å². The molecule has 1 N–H and O–H groups in total. The fourth-order valence-electron chi connectivity index (χ4n) is 1.89. The number of aryl methyl sites for hydroxylation is 1. The largest absolute Gasteiger partial charge is 0.508 e. The molecule has 0 saturated heterocycles. The molecule has 1 aromatic carbocycles. The highest BCUT2D eigenvalue weighted by Crippen LogP contribution is 2.20. The lowest BCUT2D eigenvalue weighted by Crippen LogP contribution is -2.16. The van der Waals surface area contributed by atoms with Gasteiger partial charge >= 0.3 is 0 Å². The van der Waals surface area contributed by atoms with Gasteiger partial charge in [-0.2, -0.15) is 0 Å². The average Bonchev–Trinajstić information content (AvgIpc) is 2.19. The standard InChI is InChI=1S/C14H22O2/c1-5-13-9-12(6-7-14(13)15)8-11(4)16-10(2)3/h6-7,9-11,15H,5,8H2,1-4H3. The molecule has 0 aliphatic carbocycles. The van der Waals surface area contributed by atoms with Crippen molar-refractivity contribution in [3.05, 3.63) is 29.3 Å². The molecule has 2 heteroatoms. The van der Waals surface area contributed by atoms with Crippen LogP contribution in [0.15, 0.2) is 18.2 Å². The van der Waals surface area contributed by atoms with E-state index >= 15 is 0 Å². The van der Waals surface area contributed by atoms with Crippen LogP contribution in [0.4, 0.5) is 0 Å². The molecule has 90 valence electrons. The van der Waals surface area contributed by atoms with Crippen molar-refractivity contribution in [3.63, 3.8) is 0 Å². The topological polar surface area (TPSA) is 29.5 Å². The number of phenolic OH excluding ortho intramolecular Hbond substituents is 1. The van der Waals surface area contributed by atoms with Crippen molar-refractivity contribution in [1.82, 2.24) is 0 Å². The predicted molar refractivity (Wildman–Crippen MR) is 66.9 cm³/mol. The molecule has 0 radical (unpaired) electrons. The lowest BCUT2D eigenvalue weighted by molar-refractivity contribution is 0.0195. The summed E-state index contributed by atoms with van der Waals surface area (Å²) in [5.74, 6) is 0.392. The van der Waals surface area contributed by atoms with Crippen LogP contribution in [0.25, 0.3) is 0 Å². The van der Waals surface area contributed by atoms with Gasteiger partial charge < -0.3 is 9.84 Å². The monoisotopic (exact) mass is 222 g/mol. The number of benzene rings is 1. The van der Waals surface area contributed by atoms with Crippen molar-refractivity contribution in [2.45, 2.75) is 52.7 Å². The highest BCUT2D eigenvalue weighted by atomic mass is 16.5. The molecule has 0 saturated carbocycles.